The van der Waals surface area contributed by atoms with E-state index in [1.165, 1.54) is 38.4 Å². The molecule has 0 unspecified atom stereocenters. The van der Waals surface area contributed by atoms with Gasteiger partial charge in [-0.1, -0.05) is 33.8 Å². The van der Waals surface area contributed by atoms with Crippen molar-refractivity contribution < 1.29 is 42.5 Å². The number of esters is 2. The molecule has 10 nitrogen and oxygen atoms in total. The Bertz CT molecular complexity index is 1140. The van der Waals surface area contributed by atoms with E-state index in [-0.39, 0.29) is 29.0 Å². The Morgan fingerprint density at radius 3 is 2.35 bits per heavy atom. The number of halogens is 1. The molecular formula is C29H39FN2O8. The van der Waals surface area contributed by atoms with E-state index in [4.69, 9.17) is 23.7 Å². The molecule has 0 saturated heterocycles. The molecule has 1 amide bonds. The number of hydrogen-bond donors (Lipinski definition) is 1. The first-order valence-electron chi connectivity index (χ1n) is 13.2. The second kappa shape index (κ2) is 15.6. The summed E-state index contributed by atoms with van der Waals surface area (Å²) in [5.74, 6) is -2.25. The van der Waals surface area contributed by atoms with Gasteiger partial charge in [-0.2, -0.15) is 0 Å². The molecule has 1 N–H and O–H groups in total. The van der Waals surface area contributed by atoms with Crippen molar-refractivity contribution in [3.8, 4) is 17.2 Å². The van der Waals surface area contributed by atoms with Gasteiger partial charge in [-0.25, -0.2) is 14.2 Å². The van der Waals surface area contributed by atoms with Crippen molar-refractivity contribution in [2.45, 2.75) is 72.6 Å². The van der Waals surface area contributed by atoms with Crippen molar-refractivity contribution >= 4 is 17.8 Å². The zero-order valence-electron chi connectivity index (χ0n) is 24.1. The highest BCUT2D eigenvalue weighted by Crippen LogP contribution is 2.30. The van der Waals surface area contributed by atoms with Crippen LogP contribution in [0.1, 0.15) is 64.9 Å². The largest absolute Gasteiger partial charge is 0.493 e. The molecule has 0 aliphatic heterocycles. The van der Waals surface area contributed by atoms with E-state index in [0.29, 0.717) is 5.75 Å². The Kier molecular flexibility index (Phi) is 12.6. The maximum Gasteiger partial charge on any atom is 0.329 e. The lowest BCUT2D eigenvalue weighted by atomic mass is 9.93. The van der Waals surface area contributed by atoms with E-state index in [0.717, 1.165) is 12.8 Å². The van der Waals surface area contributed by atoms with Crippen LogP contribution in [0.4, 0.5) is 4.39 Å². The molecule has 0 fully saturated rings. The maximum absolute atomic E-state index is 13.8. The van der Waals surface area contributed by atoms with Gasteiger partial charge < -0.3 is 29.0 Å². The van der Waals surface area contributed by atoms with Crippen LogP contribution in [0.2, 0.25) is 0 Å². The SMILES string of the molecule is CCC(CC)[C@@H](Oc1cccc(F)c1)[C@H](C)OC(=O)[C@@H](NC(=O)c1nccc(OC)c1OCOC(C)=O)C(C)C. The molecule has 1 aromatic heterocycles. The Hall–Kier alpha value is -3.89. The summed E-state index contributed by atoms with van der Waals surface area (Å²) in [6, 6.07) is 6.23. The third-order valence-corrected chi connectivity index (χ3v) is 6.32. The normalized spacial score (nSPS) is 13.2. The molecule has 2 rings (SSSR count). The fourth-order valence-corrected chi connectivity index (χ4v) is 4.12. The summed E-state index contributed by atoms with van der Waals surface area (Å²) >= 11 is 0. The molecule has 40 heavy (non-hydrogen) atoms. The van der Waals surface area contributed by atoms with Gasteiger partial charge in [-0.05, 0) is 43.7 Å². The lowest BCUT2D eigenvalue weighted by molar-refractivity contribution is -0.158. The van der Waals surface area contributed by atoms with Crippen molar-refractivity contribution in [3.05, 3.63) is 48.0 Å². The minimum atomic E-state index is -1.04. The Labute approximate surface area is 234 Å². The van der Waals surface area contributed by atoms with E-state index in [1.807, 2.05) is 13.8 Å². The van der Waals surface area contributed by atoms with E-state index < -0.39 is 48.7 Å². The molecule has 0 spiro atoms. The van der Waals surface area contributed by atoms with Crippen LogP contribution in [-0.2, 0) is 19.1 Å². The van der Waals surface area contributed by atoms with Crippen molar-refractivity contribution in [2.75, 3.05) is 13.9 Å². The van der Waals surface area contributed by atoms with E-state index in [9.17, 15) is 18.8 Å². The fourth-order valence-electron chi connectivity index (χ4n) is 4.12. The third-order valence-electron chi connectivity index (χ3n) is 6.32. The van der Waals surface area contributed by atoms with Crippen LogP contribution < -0.4 is 19.5 Å². The first-order chi connectivity index (χ1) is 19.0. The monoisotopic (exact) mass is 562 g/mol. The standard InChI is InChI=1S/C29H39FN2O8/c1-8-20(9-2)26(40-22-12-10-11-21(30)15-22)18(5)39-29(35)24(17(3)4)32-28(34)25-27(38-16-37-19(6)33)23(36-7)13-14-31-25/h10-15,17-18,20,24,26H,8-9,16H2,1-7H3,(H,32,34)/t18-,24-,26-/m0/s1. The Balaban J connectivity index is 2.24. The quantitative estimate of drug-likeness (QED) is 0.243. The molecule has 1 aromatic carbocycles. The Morgan fingerprint density at radius 2 is 1.77 bits per heavy atom. The van der Waals surface area contributed by atoms with Gasteiger partial charge >= 0.3 is 11.9 Å². The van der Waals surface area contributed by atoms with Crippen molar-refractivity contribution in [2.24, 2.45) is 11.8 Å². The molecule has 0 saturated carbocycles. The van der Waals surface area contributed by atoms with Gasteiger partial charge in [0.25, 0.3) is 5.91 Å². The first kappa shape index (κ1) is 32.3. The van der Waals surface area contributed by atoms with E-state index >= 15 is 0 Å². The molecule has 0 aliphatic rings. The molecule has 3 atom stereocenters. The third kappa shape index (κ3) is 9.10. The zero-order valence-corrected chi connectivity index (χ0v) is 24.1. The van der Waals surface area contributed by atoms with Crippen LogP contribution >= 0.6 is 0 Å². The molecule has 0 bridgehead atoms. The topological polar surface area (TPSA) is 122 Å². The first-order valence-corrected chi connectivity index (χ1v) is 13.2. The fraction of sp³-hybridized carbons (Fsp3) is 0.517. The summed E-state index contributed by atoms with van der Waals surface area (Å²) in [5, 5.41) is 2.67. The number of amides is 1. The molecule has 0 radical (unpaired) electrons. The number of hydrogen-bond acceptors (Lipinski definition) is 9. The van der Waals surface area contributed by atoms with E-state index in [2.05, 4.69) is 10.3 Å². The summed E-state index contributed by atoms with van der Waals surface area (Å²) in [7, 11) is 1.38. The van der Waals surface area contributed by atoms with Gasteiger partial charge in [0.2, 0.25) is 6.79 Å². The second-order valence-corrected chi connectivity index (χ2v) is 9.54. The average Bonchev–Trinajstić information content (AvgIpc) is 2.91. The smallest absolute Gasteiger partial charge is 0.329 e. The summed E-state index contributed by atoms with van der Waals surface area (Å²) in [5.41, 5.74) is -0.164. The van der Waals surface area contributed by atoms with Gasteiger partial charge in [-0.3, -0.25) is 9.59 Å². The number of carbonyl (C=O) groups is 3. The number of nitrogens with one attached hydrogen (secondary N) is 1. The predicted octanol–water partition coefficient (Wildman–Crippen LogP) is 4.70. The lowest BCUT2D eigenvalue weighted by Crippen LogP contribution is -2.48. The summed E-state index contributed by atoms with van der Waals surface area (Å²) < 4.78 is 41.2. The van der Waals surface area contributed by atoms with Gasteiger partial charge in [0, 0.05) is 25.3 Å². The number of pyridine rings is 1. The van der Waals surface area contributed by atoms with E-state index in [1.54, 1.807) is 32.9 Å². The molecule has 220 valence electrons. The van der Waals surface area contributed by atoms with Crippen molar-refractivity contribution in [1.29, 1.82) is 0 Å². The summed E-state index contributed by atoms with van der Waals surface area (Å²) in [6.45, 7) is 9.99. The molecule has 2 aromatic rings. The summed E-state index contributed by atoms with van der Waals surface area (Å²) in [4.78, 5) is 41.8. The minimum Gasteiger partial charge on any atom is -0.493 e. The van der Waals surface area contributed by atoms with Gasteiger partial charge in [-0.15, -0.1) is 0 Å². The van der Waals surface area contributed by atoms with Gasteiger partial charge in [0.15, 0.2) is 17.2 Å². The number of benzene rings is 1. The predicted molar refractivity (Wildman–Crippen MR) is 145 cm³/mol. The number of methoxy groups -OCH3 is 1. The number of nitrogens with zero attached hydrogens (tertiary/aromatic N) is 1. The second-order valence-electron chi connectivity index (χ2n) is 9.54. The molecule has 11 heteroatoms. The maximum atomic E-state index is 13.8. The highest BCUT2D eigenvalue weighted by atomic mass is 19.1. The highest BCUT2D eigenvalue weighted by Gasteiger charge is 2.34. The van der Waals surface area contributed by atoms with Crippen LogP contribution in [0.15, 0.2) is 36.5 Å². The van der Waals surface area contributed by atoms with Crippen molar-refractivity contribution in [3.63, 3.8) is 0 Å². The lowest BCUT2D eigenvalue weighted by Gasteiger charge is -2.32. The van der Waals surface area contributed by atoms with Crippen LogP contribution in [0.5, 0.6) is 17.2 Å². The number of aromatic nitrogens is 1. The van der Waals surface area contributed by atoms with Gasteiger partial charge in [0.1, 0.15) is 29.8 Å². The van der Waals surface area contributed by atoms with Crippen molar-refractivity contribution in [1.82, 2.24) is 10.3 Å². The van der Waals surface area contributed by atoms with Crippen LogP contribution in [0.3, 0.4) is 0 Å². The zero-order chi connectivity index (χ0) is 29.8. The number of carbonyl (C=O) groups excluding carboxylic acids is 3. The minimum absolute atomic E-state index is 0.0241. The Morgan fingerprint density at radius 1 is 1.07 bits per heavy atom. The molecule has 1 heterocycles. The van der Waals surface area contributed by atoms with Gasteiger partial charge in [0.05, 0.1) is 7.11 Å². The van der Waals surface area contributed by atoms with Crippen LogP contribution in [0.25, 0.3) is 0 Å². The average molecular weight is 563 g/mol. The number of rotatable bonds is 15. The van der Waals surface area contributed by atoms with Crippen LogP contribution in [0, 0.1) is 17.7 Å². The number of ether oxygens (including phenoxy) is 5. The molecule has 0 aliphatic carbocycles. The summed E-state index contributed by atoms with van der Waals surface area (Å²) in [6.07, 6.45) is 1.59. The molecular weight excluding hydrogens is 523 g/mol. The highest BCUT2D eigenvalue weighted by molar-refractivity contribution is 5.98. The van der Waals surface area contributed by atoms with Crippen LogP contribution in [-0.4, -0.2) is 55.0 Å².